The van der Waals surface area contributed by atoms with Gasteiger partial charge in [-0.1, -0.05) is 42.5 Å². The number of hydrogen-bond acceptors (Lipinski definition) is 6. The Hall–Kier alpha value is -3.46. The molecule has 0 atom stereocenters. The zero-order chi connectivity index (χ0) is 21.8. The predicted octanol–water partition coefficient (Wildman–Crippen LogP) is 1.98. The van der Waals surface area contributed by atoms with Crippen molar-refractivity contribution in [1.82, 2.24) is 9.13 Å². The predicted molar refractivity (Wildman–Crippen MR) is 115 cm³/mol. The second kappa shape index (κ2) is 8.91. The quantitative estimate of drug-likeness (QED) is 0.434. The zero-order valence-electron chi connectivity index (χ0n) is 16.0. The average molecular weight is 472 g/mol. The Morgan fingerprint density at radius 2 is 1.67 bits per heavy atom. The Morgan fingerprint density at radius 3 is 2.33 bits per heavy atom. The van der Waals surface area contributed by atoms with Crippen LogP contribution in [0.3, 0.4) is 0 Å². The second-order valence-electron chi connectivity index (χ2n) is 6.46. The van der Waals surface area contributed by atoms with Crippen LogP contribution in [0.2, 0.25) is 0 Å². The van der Waals surface area contributed by atoms with Crippen LogP contribution in [0.25, 0.3) is 0 Å². The van der Waals surface area contributed by atoms with Crippen LogP contribution in [0.15, 0.2) is 68.7 Å². The van der Waals surface area contributed by atoms with E-state index in [1.54, 1.807) is 42.5 Å². The minimum absolute atomic E-state index is 0.0800. The van der Waals surface area contributed by atoms with Crippen molar-refractivity contribution in [2.24, 2.45) is 7.05 Å². The third-order valence-corrected chi connectivity index (χ3v) is 5.17. The number of nitrogen functional groups attached to an aromatic ring is 1. The summed E-state index contributed by atoms with van der Waals surface area (Å²) in [6.07, 6.45) is 0. The summed E-state index contributed by atoms with van der Waals surface area (Å²) in [5.74, 6) is -1.80. The van der Waals surface area contributed by atoms with Crippen LogP contribution in [-0.2, 0) is 18.3 Å². The largest absolute Gasteiger partial charge is 0.454 e. The van der Waals surface area contributed by atoms with Gasteiger partial charge in [-0.25, -0.2) is 9.59 Å². The molecule has 2 aromatic carbocycles. The molecule has 3 aromatic rings. The van der Waals surface area contributed by atoms with Gasteiger partial charge < -0.3 is 10.5 Å². The van der Waals surface area contributed by atoms with E-state index in [0.29, 0.717) is 4.47 Å². The summed E-state index contributed by atoms with van der Waals surface area (Å²) >= 11 is 3.23. The summed E-state index contributed by atoms with van der Waals surface area (Å²) in [5, 5.41) is 0. The van der Waals surface area contributed by atoms with E-state index in [0.717, 1.165) is 14.7 Å². The molecule has 154 valence electrons. The number of ketones is 1. The standard InChI is InChI=1S/C21H18BrN3O5/c1-24-19(27)17(16(26)12-30-20(28)14-9-5-6-10-15(14)22)18(23)25(21(24)29)11-13-7-3-2-4-8-13/h2-10H,11-12,23H2,1H3. The van der Waals surface area contributed by atoms with Crippen LogP contribution >= 0.6 is 15.9 Å². The number of carbonyl (C=O) groups is 2. The number of Topliss-reactive ketones (excluding diaryl/α,β-unsaturated/α-hetero) is 1. The summed E-state index contributed by atoms with van der Waals surface area (Å²) in [6.45, 7) is -0.611. The minimum Gasteiger partial charge on any atom is -0.454 e. The van der Waals surface area contributed by atoms with Crippen LogP contribution < -0.4 is 17.0 Å². The number of halogens is 1. The Bertz CT molecular complexity index is 1230. The van der Waals surface area contributed by atoms with Gasteiger partial charge in [0.1, 0.15) is 11.4 Å². The molecular formula is C21H18BrN3O5. The van der Waals surface area contributed by atoms with E-state index in [4.69, 9.17) is 10.5 Å². The van der Waals surface area contributed by atoms with Crippen LogP contribution in [0, 0.1) is 0 Å². The highest BCUT2D eigenvalue weighted by Gasteiger charge is 2.23. The van der Waals surface area contributed by atoms with E-state index in [9.17, 15) is 19.2 Å². The first-order valence-electron chi connectivity index (χ1n) is 8.89. The number of aromatic nitrogens is 2. The lowest BCUT2D eigenvalue weighted by Crippen LogP contribution is -2.43. The van der Waals surface area contributed by atoms with Crippen LogP contribution in [0.1, 0.15) is 26.3 Å². The molecule has 30 heavy (non-hydrogen) atoms. The lowest BCUT2D eigenvalue weighted by molar-refractivity contribution is 0.0473. The SMILES string of the molecule is Cn1c(=O)c(C(=O)COC(=O)c2ccccc2Br)c(N)n(Cc2ccccc2)c1=O. The van der Waals surface area contributed by atoms with Crippen molar-refractivity contribution in [1.29, 1.82) is 0 Å². The maximum absolute atomic E-state index is 12.7. The molecule has 0 aliphatic carbocycles. The fourth-order valence-corrected chi connectivity index (χ4v) is 3.32. The van der Waals surface area contributed by atoms with Crippen LogP contribution in [0.5, 0.6) is 0 Å². The van der Waals surface area contributed by atoms with Crippen LogP contribution in [-0.4, -0.2) is 27.5 Å². The minimum atomic E-state index is -0.844. The van der Waals surface area contributed by atoms with E-state index >= 15 is 0 Å². The van der Waals surface area contributed by atoms with Gasteiger partial charge in [0, 0.05) is 11.5 Å². The number of ether oxygens (including phenoxy) is 1. The van der Waals surface area contributed by atoms with Crippen molar-refractivity contribution in [3.05, 3.63) is 96.6 Å². The Morgan fingerprint density at radius 1 is 1.03 bits per heavy atom. The fraction of sp³-hybridized carbons (Fsp3) is 0.143. The molecular weight excluding hydrogens is 454 g/mol. The van der Waals surface area contributed by atoms with Crippen molar-refractivity contribution in [3.63, 3.8) is 0 Å². The summed E-state index contributed by atoms with van der Waals surface area (Å²) in [4.78, 5) is 50.0. The third-order valence-electron chi connectivity index (χ3n) is 4.47. The molecule has 8 nitrogen and oxygen atoms in total. The number of esters is 1. The first-order valence-corrected chi connectivity index (χ1v) is 9.68. The molecule has 0 aliphatic rings. The smallest absolute Gasteiger partial charge is 0.339 e. The van der Waals surface area contributed by atoms with Crippen molar-refractivity contribution in [2.75, 3.05) is 12.3 Å². The molecule has 0 amide bonds. The Kier molecular flexibility index (Phi) is 6.31. The van der Waals surface area contributed by atoms with E-state index < -0.39 is 35.2 Å². The molecule has 9 heteroatoms. The van der Waals surface area contributed by atoms with Crippen molar-refractivity contribution in [3.8, 4) is 0 Å². The second-order valence-corrected chi connectivity index (χ2v) is 7.31. The molecule has 0 unspecified atom stereocenters. The molecule has 0 spiro atoms. The molecule has 3 rings (SSSR count). The molecule has 1 aromatic heterocycles. The average Bonchev–Trinajstić information content (AvgIpc) is 2.75. The highest BCUT2D eigenvalue weighted by atomic mass is 79.9. The van der Waals surface area contributed by atoms with E-state index in [2.05, 4.69) is 15.9 Å². The molecule has 0 aliphatic heterocycles. The molecule has 0 saturated carbocycles. The number of nitrogens with zero attached hydrogens (tertiary/aromatic N) is 2. The van der Waals surface area contributed by atoms with E-state index in [1.807, 2.05) is 6.07 Å². The van der Waals surface area contributed by atoms with E-state index in [1.165, 1.54) is 13.1 Å². The molecule has 0 radical (unpaired) electrons. The first-order chi connectivity index (χ1) is 14.3. The van der Waals surface area contributed by atoms with Gasteiger partial charge in [0.05, 0.1) is 12.1 Å². The van der Waals surface area contributed by atoms with E-state index in [-0.39, 0.29) is 17.9 Å². The number of anilines is 1. The zero-order valence-corrected chi connectivity index (χ0v) is 17.6. The van der Waals surface area contributed by atoms with Crippen molar-refractivity contribution in [2.45, 2.75) is 6.54 Å². The number of rotatable bonds is 6. The first kappa shape index (κ1) is 21.3. The Labute approximate surface area is 179 Å². The molecule has 0 bridgehead atoms. The molecule has 2 N–H and O–H groups in total. The van der Waals surface area contributed by atoms with Gasteiger partial charge in [0.2, 0.25) is 5.78 Å². The van der Waals surface area contributed by atoms with Gasteiger partial charge in [-0.2, -0.15) is 0 Å². The maximum Gasteiger partial charge on any atom is 0.339 e. The summed E-state index contributed by atoms with van der Waals surface area (Å²) in [7, 11) is 1.26. The van der Waals surface area contributed by atoms with Gasteiger partial charge in [0.15, 0.2) is 6.61 Å². The lowest BCUT2D eigenvalue weighted by atomic mass is 10.2. The Balaban J connectivity index is 1.90. The summed E-state index contributed by atoms with van der Waals surface area (Å²) < 4.78 is 7.51. The van der Waals surface area contributed by atoms with Gasteiger partial charge in [-0.3, -0.25) is 18.7 Å². The van der Waals surface area contributed by atoms with Gasteiger partial charge in [-0.15, -0.1) is 0 Å². The fourth-order valence-electron chi connectivity index (χ4n) is 2.87. The van der Waals surface area contributed by atoms with Crippen molar-refractivity contribution >= 4 is 33.5 Å². The van der Waals surface area contributed by atoms with Gasteiger partial charge >= 0.3 is 11.7 Å². The normalized spacial score (nSPS) is 10.6. The van der Waals surface area contributed by atoms with Gasteiger partial charge in [-0.05, 0) is 33.6 Å². The monoisotopic (exact) mass is 471 g/mol. The maximum atomic E-state index is 12.7. The summed E-state index contributed by atoms with van der Waals surface area (Å²) in [5.41, 5.74) is 5.14. The highest BCUT2D eigenvalue weighted by molar-refractivity contribution is 9.10. The number of nitrogens with two attached hydrogens (primary N) is 1. The molecule has 1 heterocycles. The summed E-state index contributed by atoms with van der Waals surface area (Å²) in [6, 6.07) is 15.6. The highest BCUT2D eigenvalue weighted by Crippen LogP contribution is 2.17. The van der Waals surface area contributed by atoms with Crippen LogP contribution in [0.4, 0.5) is 5.82 Å². The number of hydrogen-bond donors (Lipinski definition) is 1. The topological polar surface area (TPSA) is 113 Å². The number of benzene rings is 2. The van der Waals surface area contributed by atoms with Gasteiger partial charge in [0.25, 0.3) is 5.56 Å². The lowest BCUT2D eigenvalue weighted by Gasteiger charge is -2.15. The molecule has 0 saturated heterocycles. The third kappa shape index (κ3) is 4.25. The number of carbonyl (C=O) groups excluding carboxylic acids is 2. The van der Waals surface area contributed by atoms with Crippen molar-refractivity contribution < 1.29 is 14.3 Å². The molecule has 0 fully saturated rings.